The second-order valence-corrected chi connectivity index (χ2v) is 7.26. The van der Waals surface area contributed by atoms with Crippen LogP contribution < -0.4 is 10.2 Å². The van der Waals surface area contributed by atoms with E-state index >= 15 is 0 Å². The van der Waals surface area contributed by atoms with Crippen LogP contribution in [0.4, 0.5) is 10.8 Å². The van der Waals surface area contributed by atoms with Crippen molar-refractivity contribution in [3.05, 3.63) is 39.9 Å². The van der Waals surface area contributed by atoms with Crippen LogP contribution >= 0.6 is 22.9 Å². The lowest BCUT2D eigenvalue weighted by Gasteiger charge is -2.33. The van der Waals surface area contributed by atoms with Crippen molar-refractivity contribution >= 4 is 39.7 Å². The van der Waals surface area contributed by atoms with Crippen LogP contribution in [0.3, 0.4) is 0 Å². The van der Waals surface area contributed by atoms with Gasteiger partial charge in [-0.1, -0.05) is 29.0 Å². The smallest absolute Gasteiger partial charge is 0.229 e. The molecule has 0 bridgehead atoms. The number of nitriles is 1. The first-order valence-electron chi connectivity index (χ1n) is 7.74. The lowest BCUT2D eigenvalue weighted by molar-refractivity contribution is -0.120. The Kier molecular flexibility index (Phi) is 5.03. The third kappa shape index (κ3) is 3.69. The number of benzene rings is 1. The fraction of sp³-hybridized carbons (Fsp3) is 0.353. The molecule has 1 N–H and O–H groups in total. The fourth-order valence-electron chi connectivity index (χ4n) is 2.77. The van der Waals surface area contributed by atoms with Gasteiger partial charge in [-0.3, -0.25) is 4.79 Å². The normalized spacial score (nSPS) is 15.1. The molecule has 2 heterocycles. The second kappa shape index (κ2) is 7.20. The number of hydrogen-bond acceptors (Lipinski definition) is 5. The van der Waals surface area contributed by atoms with Crippen molar-refractivity contribution < 1.29 is 4.79 Å². The van der Waals surface area contributed by atoms with Gasteiger partial charge in [-0.15, -0.1) is 0 Å². The predicted octanol–water partition coefficient (Wildman–Crippen LogP) is 3.83. The van der Waals surface area contributed by atoms with E-state index < -0.39 is 0 Å². The predicted molar refractivity (Wildman–Crippen MR) is 96.6 cm³/mol. The zero-order valence-electron chi connectivity index (χ0n) is 13.3. The van der Waals surface area contributed by atoms with Gasteiger partial charge in [-0.2, -0.15) is 5.26 Å². The Morgan fingerprint density at radius 2 is 2.21 bits per heavy atom. The number of aryl methyl sites for hydroxylation is 1. The molecular formula is C17H17ClN4OS. The number of carbonyl (C=O) groups is 1. The summed E-state index contributed by atoms with van der Waals surface area (Å²) in [5.74, 6) is -0.0490. The van der Waals surface area contributed by atoms with Crippen LogP contribution in [-0.4, -0.2) is 24.0 Å². The van der Waals surface area contributed by atoms with Gasteiger partial charge < -0.3 is 10.2 Å². The highest BCUT2D eigenvalue weighted by Crippen LogP contribution is 2.28. The van der Waals surface area contributed by atoms with E-state index in [1.54, 1.807) is 0 Å². The Morgan fingerprint density at radius 3 is 2.83 bits per heavy atom. The quantitative estimate of drug-likeness (QED) is 0.903. The van der Waals surface area contributed by atoms with Gasteiger partial charge in [0.1, 0.15) is 10.9 Å². The van der Waals surface area contributed by atoms with Gasteiger partial charge in [-0.25, -0.2) is 4.98 Å². The standard InChI is InChI=1S/C17H17ClN4OS/c1-11-2-3-13(8-15(11)18)22-6-4-12(5-7-22)16(23)21-17-20-10-14(9-19)24-17/h2-3,8,10,12H,4-7H2,1H3,(H,20,21,23). The molecule has 1 aliphatic rings. The summed E-state index contributed by atoms with van der Waals surface area (Å²) in [7, 11) is 0. The summed E-state index contributed by atoms with van der Waals surface area (Å²) in [6.45, 7) is 3.62. The minimum absolute atomic E-state index is 0.0181. The van der Waals surface area contributed by atoms with E-state index in [2.05, 4.69) is 21.3 Å². The molecule has 1 saturated heterocycles. The first-order valence-corrected chi connectivity index (χ1v) is 8.94. The molecule has 0 aliphatic carbocycles. The molecule has 2 aromatic rings. The molecule has 0 saturated carbocycles. The van der Waals surface area contributed by atoms with Gasteiger partial charge in [0.15, 0.2) is 5.13 Å². The Labute approximate surface area is 149 Å². The number of aromatic nitrogens is 1. The number of carbonyl (C=O) groups excluding carboxylic acids is 1. The van der Waals surface area contributed by atoms with E-state index in [4.69, 9.17) is 16.9 Å². The number of hydrogen-bond donors (Lipinski definition) is 1. The van der Waals surface area contributed by atoms with Crippen LogP contribution in [0.2, 0.25) is 5.02 Å². The number of thiazole rings is 1. The van der Waals surface area contributed by atoms with E-state index in [1.807, 2.05) is 25.1 Å². The van der Waals surface area contributed by atoms with Crippen LogP contribution in [0.1, 0.15) is 23.3 Å². The summed E-state index contributed by atoms with van der Waals surface area (Å²) in [5, 5.41) is 12.9. The third-order valence-electron chi connectivity index (χ3n) is 4.23. The van der Waals surface area contributed by atoms with E-state index in [9.17, 15) is 4.79 Å². The highest BCUT2D eigenvalue weighted by atomic mass is 35.5. The number of nitrogens with one attached hydrogen (secondary N) is 1. The largest absolute Gasteiger partial charge is 0.371 e. The average Bonchev–Trinajstić information content (AvgIpc) is 3.05. The maximum atomic E-state index is 12.3. The molecule has 3 rings (SSSR count). The molecule has 1 aliphatic heterocycles. The molecule has 0 unspecified atom stereocenters. The maximum absolute atomic E-state index is 12.3. The number of anilines is 2. The topological polar surface area (TPSA) is 69.0 Å². The number of nitrogens with zero attached hydrogens (tertiary/aromatic N) is 3. The summed E-state index contributed by atoms with van der Waals surface area (Å²) >= 11 is 7.39. The van der Waals surface area contributed by atoms with Gasteiger partial charge in [-0.05, 0) is 37.5 Å². The molecule has 7 heteroatoms. The van der Waals surface area contributed by atoms with Crippen LogP contribution in [0.5, 0.6) is 0 Å². The molecule has 1 aromatic heterocycles. The molecule has 0 radical (unpaired) electrons. The number of halogens is 1. The van der Waals surface area contributed by atoms with Gasteiger partial charge in [0.25, 0.3) is 0 Å². The molecule has 5 nitrogen and oxygen atoms in total. The minimum Gasteiger partial charge on any atom is -0.371 e. The van der Waals surface area contributed by atoms with E-state index in [1.165, 1.54) is 17.5 Å². The van der Waals surface area contributed by atoms with Crippen LogP contribution in [0.25, 0.3) is 0 Å². The summed E-state index contributed by atoms with van der Waals surface area (Å²) < 4.78 is 0. The minimum atomic E-state index is -0.0309. The van der Waals surface area contributed by atoms with Gasteiger partial charge in [0.05, 0.1) is 6.20 Å². The van der Waals surface area contributed by atoms with Gasteiger partial charge >= 0.3 is 0 Å². The van der Waals surface area contributed by atoms with Crippen molar-refractivity contribution in [2.75, 3.05) is 23.3 Å². The van der Waals surface area contributed by atoms with E-state index in [-0.39, 0.29) is 11.8 Å². The zero-order valence-corrected chi connectivity index (χ0v) is 14.8. The van der Waals surface area contributed by atoms with E-state index in [0.29, 0.717) is 10.0 Å². The third-order valence-corrected chi connectivity index (χ3v) is 5.46. The average molecular weight is 361 g/mol. The lowest BCUT2D eigenvalue weighted by atomic mass is 9.95. The van der Waals surface area contributed by atoms with Crippen molar-refractivity contribution in [2.24, 2.45) is 5.92 Å². The Hall–Kier alpha value is -2.10. The molecule has 0 atom stereocenters. The summed E-state index contributed by atoms with van der Waals surface area (Å²) in [4.78, 5) is 19.1. The Morgan fingerprint density at radius 1 is 1.46 bits per heavy atom. The van der Waals surface area contributed by atoms with E-state index in [0.717, 1.165) is 42.2 Å². The monoisotopic (exact) mass is 360 g/mol. The first kappa shape index (κ1) is 16.7. The Balaban J connectivity index is 1.57. The van der Waals surface area contributed by atoms with Crippen molar-refractivity contribution in [1.82, 2.24) is 4.98 Å². The maximum Gasteiger partial charge on any atom is 0.229 e. The molecule has 1 fully saturated rings. The summed E-state index contributed by atoms with van der Waals surface area (Å²) in [6, 6.07) is 8.09. The number of amides is 1. The summed E-state index contributed by atoms with van der Waals surface area (Å²) in [6.07, 6.45) is 3.05. The molecule has 24 heavy (non-hydrogen) atoms. The number of piperidine rings is 1. The SMILES string of the molecule is Cc1ccc(N2CCC(C(=O)Nc3ncc(C#N)s3)CC2)cc1Cl. The fourth-order valence-corrected chi connectivity index (χ4v) is 3.56. The van der Waals surface area contributed by atoms with Crippen LogP contribution in [0, 0.1) is 24.2 Å². The molecule has 1 aromatic carbocycles. The highest BCUT2D eigenvalue weighted by Gasteiger charge is 2.26. The Bertz CT molecular complexity index is 790. The van der Waals surface area contributed by atoms with Crippen molar-refractivity contribution in [2.45, 2.75) is 19.8 Å². The van der Waals surface area contributed by atoms with Gasteiger partial charge in [0.2, 0.25) is 5.91 Å². The van der Waals surface area contributed by atoms with Crippen LogP contribution in [-0.2, 0) is 4.79 Å². The lowest BCUT2D eigenvalue weighted by Crippen LogP contribution is -2.38. The highest BCUT2D eigenvalue weighted by molar-refractivity contribution is 7.16. The second-order valence-electron chi connectivity index (χ2n) is 5.83. The van der Waals surface area contributed by atoms with Crippen molar-refractivity contribution in [3.63, 3.8) is 0 Å². The first-order chi connectivity index (χ1) is 11.6. The number of rotatable bonds is 3. The van der Waals surface area contributed by atoms with Gasteiger partial charge in [0, 0.05) is 29.7 Å². The molecular weight excluding hydrogens is 344 g/mol. The molecule has 0 spiro atoms. The zero-order chi connectivity index (χ0) is 17.1. The van der Waals surface area contributed by atoms with Crippen molar-refractivity contribution in [1.29, 1.82) is 5.26 Å². The van der Waals surface area contributed by atoms with Crippen molar-refractivity contribution in [3.8, 4) is 6.07 Å². The molecule has 124 valence electrons. The summed E-state index contributed by atoms with van der Waals surface area (Å²) in [5.41, 5.74) is 2.16. The molecule has 1 amide bonds. The van der Waals surface area contributed by atoms with Crippen LogP contribution in [0.15, 0.2) is 24.4 Å².